The molecule has 0 unspecified atom stereocenters. The van der Waals surface area contributed by atoms with Crippen molar-refractivity contribution in [2.45, 2.75) is 43.7 Å². The van der Waals surface area contributed by atoms with Crippen molar-refractivity contribution in [1.82, 2.24) is 14.9 Å². The monoisotopic (exact) mass is 393 g/mol. The lowest BCUT2D eigenvalue weighted by Crippen LogP contribution is -2.55. The summed E-state index contributed by atoms with van der Waals surface area (Å²) in [7, 11) is 5.64. The van der Waals surface area contributed by atoms with E-state index < -0.39 is 0 Å². The van der Waals surface area contributed by atoms with Crippen molar-refractivity contribution in [2.75, 3.05) is 27.7 Å². The Morgan fingerprint density at radius 3 is 2.28 bits per heavy atom. The molecule has 1 heterocycles. The van der Waals surface area contributed by atoms with Gasteiger partial charge < -0.3 is 9.64 Å². The molecule has 29 heavy (non-hydrogen) atoms. The molecule has 154 valence electrons. The Morgan fingerprint density at radius 1 is 1.03 bits per heavy atom. The third-order valence-corrected chi connectivity index (χ3v) is 6.51. The molecule has 0 radical (unpaired) electrons. The first-order valence-electron chi connectivity index (χ1n) is 10.5. The lowest BCUT2D eigenvalue weighted by Gasteiger charge is -2.44. The Bertz CT molecular complexity index is 827. The average Bonchev–Trinajstić information content (AvgIpc) is 3.00. The van der Waals surface area contributed by atoms with E-state index >= 15 is 0 Å². The topological polar surface area (TPSA) is 36.0 Å². The molecule has 0 atom stereocenters. The van der Waals surface area contributed by atoms with Crippen molar-refractivity contribution in [3.8, 4) is 5.75 Å². The minimum Gasteiger partial charge on any atom is -0.497 e. The number of benzene rings is 2. The molecule has 2 aliphatic rings. The Balaban J connectivity index is 1.50. The van der Waals surface area contributed by atoms with Crippen LogP contribution >= 0.6 is 0 Å². The molecular formula is C24H31N3O2. The molecule has 2 aromatic carbocycles. The van der Waals surface area contributed by atoms with Crippen molar-refractivity contribution in [3.63, 3.8) is 0 Å². The molecule has 1 saturated carbocycles. The number of carbonyl (C=O) groups excluding carboxylic acids is 1. The van der Waals surface area contributed by atoms with Crippen LogP contribution in [0.2, 0.25) is 0 Å². The summed E-state index contributed by atoms with van der Waals surface area (Å²) < 4.78 is 5.25. The highest BCUT2D eigenvalue weighted by atomic mass is 16.5. The van der Waals surface area contributed by atoms with Gasteiger partial charge in [0.25, 0.3) is 0 Å². The van der Waals surface area contributed by atoms with Crippen molar-refractivity contribution in [1.29, 1.82) is 0 Å². The predicted molar refractivity (Wildman–Crippen MR) is 115 cm³/mol. The fraction of sp³-hybridized carbons (Fsp3) is 0.458. The van der Waals surface area contributed by atoms with Gasteiger partial charge >= 0.3 is 6.03 Å². The van der Waals surface area contributed by atoms with E-state index in [9.17, 15) is 4.79 Å². The predicted octanol–water partition coefficient (Wildman–Crippen LogP) is 4.51. The molecule has 1 spiro atoms. The largest absolute Gasteiger partial charge is 0.497 e. The first-order chi connectivity index (χ1) is 14.0. The maximum absolute atomic E-state index is 13.3. The molecule has 2 fully saturated rings. The van der Waals surface area contributed by atoms with Crippen LogP contribution in [0.25, 0.3) is 0 Å². The minimum absolute atomic E-state index is 0.0989. The van der Waals surface area contributed by atoms with Gasteiger partial charge in [-0.3, -0.25) is 0 Å². The molecule has 2 amide bonds. The highest BCUT2D eigenvalue weighted by Gasteiger charge is 2.52. The van der Waals surface area contributed by atoms with Gasteiger partial charge in [-0.25, -0.2) is 14.8 Å². The highest BCUT2D eigenvalue weighted by molar-refractivity contribution is 5.77. The summed E-state index contributed by atoms with van der Waals surface area (Å²) in [5.74, 6) is 1.43. The Kier molecular flexibility index (Phi) is 5.50. The molecule has 2 aromatic rings. The maximum atomic E-state index is 13.3. The molecule has 1 aliphatic heterocycles. The zero-order valence-corrected chi connectivity index (χ0v) is 17.7. The van der Waals surface area contributed by atoms with Crippen LogP contribution in [0.1, 0.15) is 42.7 Å². The number of amides is 2. The second kappa shape index (κ2) is 8.07. The SMILES string of the molecule is COc1ccc(CN2CC3(CCC(c4ccccc4)CC3)N(N(C)C)C2=O)cc1. The first kappa shape index (κ1) is 19.8. The fourth-order valence-electron chi connectivity index (χ4n) is 5.08. The van der Waals surface area contributed by atoms with Crippen molar-refractivity contribution < 1.29 is 9.53 Å². The van der Waals surface area contributed by atoms with Crippen LogP contribution in [0.4, 0.5) is 4.79 Å². The molecule has 5 heteroatoms. The number of rotatable bonds is 5. The quantitative estimate of drug-likeness (QED) is 0.750. The number of methoxy groups -OCH3 is 1. The van der Waals surface area contributed by atoms with Crippen LogP contribution in [-0.4, -0.2) is 54.2 Å². The lowest BCUT2D eigenvalue weighted by atomic mass is 9.74. The second-order valence-electron chi connectivity index (χ2n) is 8.56. The number of hydrogen-bond acceptors (Lipinski definition) is 3. The van der Waals surface area contributed by atoms with E-state index in [4.69, 9.17) is 4.74 Å². The van der Waals surface area contributed by atoms with Crippen LogP contribution in [-0.2, 0) is 6.54 Å². The van der Waals surface area contributed by atoms with Gasteiger partial charge in [0.15, 0.2) is 0 Å². The fourth-order valence-corrected chi connectivity index (χ4v) is 5.08. The summed E-state index contributed by atoms with van der Waals surface area (Å²) in [4.78, 5) is 15.3. The van der Waals surface area contributed by atoms with E-state index in [-0.39, 0.29) is 11.6 Å². The van der Waals surface area contributed by atoms with E-state index in [1.54, 1.807) is 7.11 Å². The summed E-state index contributed by atoms with van der Waals surface area (Å²) in [6.07, 6.45) is 4.32. The third-order valence-electron chi connectivity index (χ3n) is 6.51. The summed E-state index contributed by atoms with van der Waals surface area (Å²) in [6.45, 7) is 1.43. The van der Waals surface area contributed by atoms with E-state index in [1.807, 2.05) is 53.3 Å². The molecule has 1 aliphatic carbocycles. The lowest BCUT2D eigenvalue weighted by molar-refractivity contribution is -0.0263. The van der Waals surface area contributed by atoms with E-state index in [0.717, 1.165) is 43.5 Å². The van der Waals surface area contributed by atoms with Crippen LogP contribution in [0.5, 0.6) is 5.75 Å². The van der Waals surface area contributed by atoms with E-state index in [1.165, 1.54) is 5.56 Å². The molecule has 0 bridgehead atoms. The Labute approximate surface area is 173 Å². The highest BCUT2D eigenvalue weighted by Crippen LogP contribution is 2.45. The van der Waals surface area contributed by atoms with Gasteiger partial charge in [0.1, 0.15) is 5.75 Å². The Hall–Kier alpha value is -2.53. The first-order valence-corrected chi connectivity index (χ1v) is 10.5. The van der Waals surface area contributed by atoms with Gasteiger partial charge in [0, 0.05) is 27.2 Å². The van der Waals surface area contributed by atoms with Crippen molar-refractivity contribution >= 4 is 6.03 Å². The smallest absolute Gasteiger partial charge is 0.335 e. The number of nitrogens with zero attached hydrogens (tertiary/aromatic N) is 3. The van der Waals surface area contributed by atoms with E-state index in [0.29, 0.717) is 12.5 Å². The zero-order valence-electron chi connectivity index (χ0n) is 17.7. The van der Waals surface area contributed by atoms with Crippen LogP contribution in [0.3, 0.4) is 0 Å². The number of hydrogen-bond donors (Lipinski definition) is 0. The van der Waals surface area contributed by atoms with Gasteiger partial charge in [0.2, 0.25) is 0 Å². The molecule has 0 N–H and O–H groups in total. The van der Waals surface area contributed by atoms with Crippen molar-refractivity contribution in [3.05, 3.63) is 65.7 Å². The number of urea groups is 1. The molecule has 4 rings (SSSR count). The molecule has 1 saturated heterocycles. The zero-order chi connectivity index (χ0) is 20.4. The van der Waals surface area contributed by atoms with Crippen LogP contribution < -0.4 is 4.74 Å². The average molecular weight is 394 g/mol. The summed E-state index contributed by atoms with van der Waals surface area (Å²) in [5, 5.41) is 4.00. The van der Waals surface area contributed by atoms with Crippen molar-refractivity contribution in [2.24, 2.45) is 0 Å². The van der Waals surface area contributed by atoms with E-state index in [2.05, 4.69) is 30.3 Å². The number of ether oxygens (including phenoxy) is 1. The van der Waals surface area contributed by atoms with Crippen LogP contribution in [0, 0.1) is 0 Å². The molecule has 5 nitrogen and oxygen atoms in total. The standard InChI is InChI=1S/C24H31N3O2/c1-25(2)27-23(28)26(17-19-9-11-22(29-3)12-10-19)18-24(27)15-13-21(14-16-24)20-7-5-4-6-8-20/h4-12,21H,13-18H2,1-3H3. The molecular weight excluding hydrogens is 362 g/mol. The van der Waals surface area contributed by atoms with Gasteiger partial charge in [0.05, 0.1) is 12.6 Å². The second-order valence-corrected chi connectivity index (χ2v) is 8.56. The Morgan fingerprint density at radius 2 is 1.69 bits per heavy atom. The maximum Gasteiger partial charge on any atom is 0.335 e. The summed E-state index contributed by atoms with van der Waals surface area (Å²) in [6, 6.07) is 18.9. The number of hydrazine groups is 1. The number of carbonyl (C=O) groups is 1. The minimum atomic E-state index is -0.0989. The van der Waals surface area contributed by atoms with Gasteiger partial charge in [-0.2, -0.15) is 0 Å². The van der Waals surface area contributed by atoms with Gasteiger partial charge in [-0.05, 0) is 54.9 Å². The molecule has 0 aromatic heterocycles. The van der Waals surface area contributed by atoms with Gasteiger partial charge in [-0.15, -0.1) is 0 Å². The summed E-state index contributed by atoms with van der Waals surface area (Å²) >= 11 is 0. The normalized spacial score (nSPS) is 24.6. The van der Waals surface area contributed by atoms with Crippen LogP contribution in [0.15, 0.2) is 54.6 Å². The third kappa shape index (κ3) is 3.84. The summed E-state index contributed by atoms with van der Waals surface area (Å²) in [5.41, 5.74) is 2.46. The van der Waals surface area contributed by atoms with Gasteiger partial charge in [-0.1, -0.05) is 42.5 Å².